The second-order valence-electron chi connectivity index (χ2n) is 1.26. The molecule has 2 nitrogen and oxygen atoms in total. The van der Waals surface area contributed by atoms with Gasteiger partial charge in [-0.1, -0.05) is 0 Å². The summed E-state index contributed by atoms with van der Waals surface area (Å²) < 4.78 is 0.874. The topological polar surface area (TPSA) is 34.7 Å². The van der Waals surface area contributed by atoms with Crippen molar-refractivity contribution in [3.63, 3.8) is 0 Å². The molecule has 0 aromatic heterocycles. The number of aliphatic imine (C=N–C) groups is 1. The van der Waals surface area contributed by atoms with Crippen molar-refractivity contribution in [2.75, 3.05) is 0 Å². The van der Waals surface area contributed by atoms with Crippen LogP contribution in [-0.4, -0.2) is 9.59 Å². The van der Waals surface area contributed by atoms with E-state index in [9.17, 15) is 0 Å². The molecule has 0 atom stereocenters. The highest BCUT2D eigenvalue weighted by atomic mass is 127. The van der Waals surface area contributed by atoms with E-state index < -0.39 is 0 Å². The minimum absolute atomic E-state index is 0.495. The Kier molecular flexibility index (Phi) is 1.60. The summed E-state index contributed by atoms with van der Waals surface area (Å²) >= 11 is 2.06. The van der Waals surface area contributed by atoms with Gasteiger partial charge in [-0.25, -0.2) is 10.9 Å². The molecule has 0 N–H and O–H groups in total. The minimum atomic E-state index is 0.495. The fourth-order valence-corrected chi connectivity index (χ4v) is 0.839. The van der Waals surface area contributed by atoms with Crippen LogP contribution < -0.4 is 0 Å². The van der Waals surface area contributed by atoms with Crippen LogP contribution in [-0.2, 0) is 0 Å². The van der Waals surface area contributed by atoms with E-state index in [1.807, 2.05) is 5.87 Å². The second-order valence-corrected chi connectivity index (χ2v) is 2.37. The van der Waals surface area contributed by atoms with Gasteiger partial charge in [0.1, 0.15) is 3.72 Å². The van der Waals surface area contributed by atoms with Gasteiger partial charge in [-0.05, 0) is 34.7 Å². The number of allylic oxidation sites excluding steroid dienone is 2. The molecule has 0 aromatic rings. The van der Waals surface area contributed by atoms with E-state index in [-0.39, 0.29) is 0 Å². The SMILES string of the molecule is [N-]=C=C1C=CC(I)=N1. The maximum absolute atomic E-state index is 8.24. The summed E-state index contributed by atoms with van der Waals surface area (Å²) in [5.41, 5.74) is 0.495. The van der Waals surface area contributed by atoms with Crippen LogP contribution in [0, 0.1) is 0 Å². The third-order valence-electron chi connectivity index (χ3n) is 0.721. The summed E-state index contributed by atoms with van der Waals surface area (Å²) in [5, 5.41) is 8.24. The zero-order valence-corrected chi connectivity index (χ0v) is 6.08. The van der Waals surface area contributed by atoms with Crippen LogP contribution in [0.1, 0.15) is 0 Å². The summed E-state index contributed by atoms with van der Waals surface area (Å²) in [6, 6.07) is 0. The molecule has 1 rings (SSSR count). The fourth-order valence-electron chi connectivity index (χ4n) is 0.400. The Labute approximate surface area is 60.7 Å². The lowest BCUT2D eigenvalue weighted by molar-refractivity contribution is 1.53. The first-order valence-corrected chi connectivity index (χ1v) is 3.10. The summed E-state index contributed by atoms with van der Waals surface area (Å²) in [7, 11) is 0. The van der Waals surface area contributed by atoms with Crippen LogP contribution in [0.25, 0.3) is 5.41 Å². The van der Waals surface area contributed by atoms with Gasteiger partial charge >= 0.3 is 0 Å². The van der Waals surface area contributed by atoms with Crippen molar-refractivity contribution in [1.29, 1.82) is 0 Å². The van der Waals surface area contributed by atoms with Gasteiger partial charge in [-0.2, -0.15) is 0 Å². The largest absolute Gasteiger partial charge is 0.761 e. The minimum Gasteiger partial charge on any atom is -0.761 e. The molecule has 1 aliphatic heterocycles. The monoisotopic (exact) mass is 217 g/mol. The normalized spacial score (nSPS) is 16.1. The maximum atomic E-state index is 8.24. The Morgan fingerprint density at radius 1 is 1.62 bits per heavy atom. The lowest BCUT2D eigenvalue weighted by Crippen LogP contribution is -1.67. The second kappa shape index (κ2) is 2.24. The number of hydrogen-bond acceptors (Lipinski definition) is 1. The molecule has 1 heterocycles. The third-order valence-corrected chi connectivity index (χ3v) is 1.32. The van der Waals surface area contributed by atoms with E-state index in [4.69, 9.17) is 5.41 Å². The third kappa shape index (κ3) is 1.05. The quantitative estimate of drug-likeness (QED) is 0.435. The molecule has 0 aromatic carbocycles. The van der Waals surface area contributed by atoms with Gasteiger partial charge in [-0.15, -0.1) is 0 Å². The van der Waals surface area contributed by atoms with Crippen molar-refractivity contribution in [3.05, 3.63) is 23.3 Å². The molecule has 0 amide bonds. The molecule has 40 valence electrons. The van der Waals surface area contributed by atoms with E-state index in [1.54, 1.807) is 12.2 Å². The van der Waals surface area contributed by atoms with Crippen molar-refractivity contribution >= 4 is 32.2 Å². The van der Waals surface area contributed by atoms with Crippen LogP contribution >= 0.6 is 22.6 Å². The summed E-state index contributed by atoms with van der Waals surface area (Å²) in [6.07, 6.45) is 3.50. The van der Waals surface area contributed by atoms with Gasteiger partial charge in [0.25, 0.3) is 0 Å². The Morgan fingerprint density at radius 2 is 2.38 bits per heavy atom. The molecule has 0 bridgehead atoms. The number of rotatable bonds is 0. The molecule has 8 heavy (non-hydrogen) atoms. The molecule has 0 fully saturated rings. The van der Waals surface area contributed by atoms with Crippen LogP contribution in [0.15, 0.2) is 22.8 Å². The van der Waals surface area contributed by atoms with E-state index >= 15 is 0 Å². The molecule has 1 aliphatic rings. The average Bonchev–Trinajstić information content (AvgIpc) is 2.14. The molecule has 0 unspecified atom stereocenters. The lowest BCUT2D eigenvalue weighted by Gasteiger charge is -1.80. The highest BCUT2D eigenvalue weighted by Crippen LogP contribution is 2.08. The van der Waals surface area contributed by atoms with Crippen LogP contribution in [0.5, 0.6) is 0 Å². The van der Waals surface area contributed by atoms with E-state index in [1.165, 1.54) is 0 Å². The molecular formula is C5H2IN2-. The van der Waals surface area contributed by atoms with Gasteiger partial charge in [-0.3, -0.25) is 0 Å². The van der Waals surface area contributed by atoms with Gasteiger partial charge < -0.3 is 5.41 Å². The number of nitrogens with zero attached hydrogens (tertiary/aromatic N) is 2. The van der Waals surface area contributed by atoms with Crippen molar-refractivity contribution in [2.24, 2.45) is 4.99 Å². The number of hydrogen-bond donors (Lipinski definition) is 0. The zero-order chi connectivity index (χ0) is 5.98. The Morgan fingerprint density at radius 3 is 2.62 bits per heavy atom. The first-order chi connectivity index (χ1) is 3.83. The summed E-state index contributed by atoms with van der Waals surface area (Å²) in [5.74, 6) is 1.93. The molecule has 3 heteroatoms. The number of halogens is 1. The Bertz CT molecular complexity index is 208. The fraction of sp³-hybridized carbons (Fsp3) is 0. The first-order valence-electron chi connectivity index (χ1n) is 2.02. The maximum Gasteiger partial charge on any atom is 0.102 e. The van der Waals surface area contributed by atoms with E-state index in [0.717, 1.165) is 3.72 Å². The standard InChI is InChI=1S/C5H2IN2/c6-5-2-1-4(3-7)8-5/h1-2H/q-1. The Hall–Kier alpha value is -0.410. The summed E-state index contributed by atoms with van der Waals surface area (Å²) in [4.78, 5) is 3.85. The van der Waals surface area contributed by atoms with Crippen molar-refractivity contribution in [3.8, 4) is 0 Å². The zero-order valence-electron chi connectivity index (χ0n) is 3.93. The molecule has 0 saturated heterocycles. The van der Waals surface area contributed by atoms with E-state index in [0.29, 0.717) is 5.70 Å². The lowest BCUT2D eigenvalue weighted by atomic mass is 10.5. The smallest absolute Gasteiger partial charge is 0.102 e. The van der Waals surface area contributed by atoms with Crippen molar-refractivity contribution in [2.45, 2.75) is 0 Å². The Balaban J connectivity index is 3.01. The van der Waals surface area contributed by atoms with Gasteiger partial charge in [0.2, 0.25) is 0 Å². The van der Waals surface area contributed by atoms with Crippen molar-refractivity contribution < 1.29 is 0 Å². The highest BCUT2D eigenvalue weighted by Gasteiger charge is 1.94. The average molecular weight is 217 g/mol. The molecule has 0 saturated carbocycles. The molecule has 0 radical (unpaired) electrons. The molecular weight excluding hydrogens is 215 g/mol. The molecule has 0 aliphatic carbocycles. The van der Waals surface area contributed by atoms with Gasteiger partial charge in [0.05, 0.1) is 5.70 Å². The van der Waals surface area contributed by atoms with Crippen LogP contribution in [0.3, 0.4) is 0 Å². The predicted octanol–water partition coefficient (Wildman–Crippen LogP) is 1.51. The van der Waals surface area contributed by atoms with Crippen LogP contribution in [0.2, 0.25) is 0 Å². The highest BCUT2D eigenvalue weighted by molar-refractivity contribution is 14.1. The van der Waals surface area contributed by atoms with Gasteiger partial charge in [0.15, 0.2) is 0 Å². The van der Waals surface area contributed by atoms with Gasteiger partial charge in [0, 0.05) is 0 Å². The van der Waals surface area contributed by atoms with E-state index in [2.05, 4.69) is 27.6 Å². The summed E-state index contributed by atoms with van der Waals surface area (Å²) in [6.45, 7) is 0. The first kappa shape index (κ1) is 5.72. The predicted molar refractivity (Wildman–Crippen MR) is 42.5 cm³/mol. The van der Waals surface area contributed by atoms with Crippen molar-refractivity contribution in [1.82, 2.24) is 0 Å². The molecule has 0 spiro atoms. The van der Waals surface area contributed by atoms with Crippen LogP contribution in [0.4, 0.5) is 0 Å².